The largest absolute Gasteiger partial charge is 0.478 e. The maximum absolute atomic E-state index is 12.1. The van der Waals surface area contributed by atoms with Gasteiger partial charge in [-0.1, -0.05) is 11.6 Å². The second kappa shape index (κ2) is 6.61. The molecule has 0 bridgehead atoms. The number of esters is 1. The summed E-state index contributed by atoms with van der Waals surface area (Å²) < 4.78 is 10.2. The summed E-state index contributed by atoms with van der Waals surface area (Å²) in [6.45, 7) is 4.77. The van der Waals surface area contributed by atoms with Crippen LogP contribution in [0.5, 0.6) is 5.75 Å². The number of rotatable bonds is 5. The van der Waals surface area contributed by atoms with Gasteiger partial charge < -0.3 is 14.8 Å². The van der Waals surface area contributed by atoms with Crippen LogP contribution in [0.2, 0.25) is 5.02 Å². The average Bonchev–Trinajstić information content (AvgIpc) is 2.40. The average molecular weight is 300 g/mol. The molecule has 5 nitrogen and oxygen atoms in total. The summed E-state index contributed by atoms with van der Waals surface area (Å²) >= 11 is 5.78. The lowest BCUT2D eigenvalue weighted by Crippen LogP contribution is -2.51. The van der Waals surface area contributed by atoms with Crippen LogP contribution < -0.4 is 10.1 Å². The van der Waals surface area contributed by atoms with Gasteiger partial charge in [-0.25, -0.2) is 4.79 Å². The van der Waals surface area contributed by atoms with E-state index < -0.39 is 23.5 Å². The number of hydrogen-bond acceptors (Lipinski definition) is 4. The topological polar surface area (TPSA) is 64.6 Å². The van der Waals surface area contributed by atoms with Crippen LogP contribution >= 0.6 is 11.6 Å². The first-order valence-corrected chi connectivity index (χ1v) is 6.47. The Morgan fingerprint density at radius 1 is 1.25 bits per heavy atom. The zero-order valence-electron chi connectivity index (χ0n) is 11.9. The van der Waals surface area contributed by atoms with Crippen LogP contribution in [0, 0.1) is 0 Å². The molecule has 0 aliphatic heterocycles. The van der Waals surface area contributed by atoms with Gasteiger partial charge in [-0.15, -0.1) is 0 Å². The summed E-state index contributed by atoms with van der Waals surface area (Å²) in [6.07, 6.45) is 0. The predicted molar refractivity (Wildman–Crippen MR) is 75.8 cm³/mol. The minimum Gasteiger partial charge on any atom is -0.478 e. The number of halogens is 1. The Morgan fingerprint density at radius 3 is 2.30 bits per heavy atom. The Bertz CT molecular complexity index is 484. The summed E-state index contributed by atoms with van der Waals surface area (Å²) in [7, 11) is 1.26. The molecule has 0 saturated heterocycles. The number of hydrogen-bond donors (Lipinski definition) is 1. The molecule has 0 saturated carbocycles. The van der Waals surface area contributed by atoms with Crippen molar-refractivity contribution in [3.05, 3.63) is 29.3 Å². The summed E-state index contributed by atoms with van der Waals surface area (Å²) in [5.74, 6) is -0.411. The lowest BCUT2D eigenvalue weighted by atomic mass is 10.1. The van der Waals surface area contributed by atoms with Gasteiger partial charge >= 0.3 is 5.97 Å². The lowest BCUT2D eigenvalue weighted by Gasteiger charge is -2.26. The molecule has 0 aliphatic rings. The molecule has 0 aromatic heterocycles. The quantitative estimate of drug-likeness (QED) is 0.846. The van der Waals surface area contributed by atoms with Gasteiger partial charge in [-0.05, 0) is 45.0 Å². The van der Waals surface area contributed by atoms with Crippen molar-refractivity contribution < 1.29 is 19.1 Å². The molecule has 6 heteroatoms. The van der Waals surface area contributed by atoms with E-state index in [2.05, 4.69) is 10.1 Å². The SMILES string of the molecule is COC(=O)C(C)NC(=O)C(C)(C)Oc1ccc(Cl)cc1. The molecule has 0 spiro atoms. The minimum absolute atomic E-state index is 0.412. The Balaban J connectivity index is 2.70. The molecule has 1 rings (SSSR count). The van der Waals surface area contributed by atoms with E-state index in [0.717, 1.165) is 0 Å². The molecule has 1 aromatic rings. The molecule has 1 atom stereocenters. The van der Waals surface area contributed by atoms with Gasteiger partial charge in [-0.3, -0.25) is 4.79 Å². The maximum Gasteiger partial charge on any atom is 0.328 e. The normalized spacial score (nSPS) is 12.4. The molecule has 20 heavy (non-hydrogen) atoms. The van der Waals surface area contributed by atoms with Crippen LogP contribution in [0.4, 0.5) is 0 Å². The van der Waals surface area contributed by atoms with Crippen LogP contribution in [0.15, 0.2) is 24.3 Å². The fourth-order valence-electron chi connectivity index (χ4n) is 1.45. The Kier molecular flexibility index (Phi) is 5.39. The molecule has 1 amide bonds. The van der Waals surface area contributed by atoms with Gasteiger partial charge in [0.05, 0.1) is 7.11 Å². The third kappa shape index (κ3) is 4.42. The van der Waals surface area contributed by atoms with Crippen LogP contribution in [0.25, 0.3) is 0 Å². The van der Waals surface area contributed by atoms with E-state index in [-0.39, 0.29) is 0 Å². The smallest absolute Gasteiger partial charge is 0.328 e. The lowest BCUT2D eigenvalue weighted by molar-refractivity contribution is -0.146. The van der Waals surface area contributed by atoms with Gasteiger partial charge in [0.1, 0.15) is 11.8 Å². The van der Waals surface area contributed by atoms with E-state index in [1.807, 2.05) is 0 Å². The van der Waals surface area contributed by atoms with Crippen molar-refractivity contribution in [1.82, 2.24) is 5.32 Å². The summed E-state index contributed by atoms with van der Waals surface area (Å²) in [4.78, 5) is 23.4. The van der Waals surface area contributed by atoms with Crippen molar-refractivity contribution in [2.24, 2.45) is 0 Å². The standard InChI is InChI=1S/C14H18ClNO4/c1-9(12(17)19-4)16-13(18)14(2,3)20-11-7-5-10(15)6-8-11/h5-9H,1-4H3,(H,16,18). The van der Waals surface area contributed by atoms with Gasteiger partial charge in [0, 0.05) is 5.02 Å². The van der Waals surface area contributed by atoms with Crippen molar-refractivity contribution in [3.63, 3.8) is 0 Å². The molecule has 0 aliphatic carbocycles. The van der Waals surface area contributed by atoms with E-state index in [1.54, 1.807) is 45.0 Å². The van der Waals surface area contributed by atoms with E-state index in [9.17, 15) is 9.59 Å². The van der Waals surface area contributed by atoms with E-state index in [4.69, 9.17) is 16.3 Å². The van der Waals surface area contributed by atoms with Crippen molar-refractivity contribution in [1.29, 1.82) is 0 Å². The number of carbonyl (C=O) groups is 2. The Hall–Kier alpha value is -1.75. The molecular formula is C14H18ClNO4. The summed E-state index contributed by atoms with van der Waals surface area (Å²) in [6, 6.07) is 5.94. The molecule has 0 fully saturated rings. The number of amides is 1. The van der Waals surface area contributed by atoms with Gasteiger partial charge in [0.2, 0.25) is 0 Å². The van der Waals surface area contributed by atoms with Crippen molar-refractivity contribution in [2.45, 2.75) is 32.4 Å². The molecule has 0 heterocycles. The van der Waals surface area contributed by atoms with Gasteiger partial charge in [0.15, 0.2) is 5.60 Å². The Morgan fingerprint density at radius 2 is 1.80 bits per heavy atom. The number of nitrogens with one attached hydrogen (secondary N) is 1. The molecule has 1 aromatic carbocycles. The highest BCUT2D eigenvalue weighted by Crippen LogP contribution is 2.21. The highest BCUT2D eigenvalue weighted by molar-refractivity contribution is 6.30. The second-order valence-corrected chi connectivity index (χ2v) is 5.22. The minimum atomic E-state index is -1.13. The fraction of sp³-hybridized carbons (Fsp3) is 0.429. The van der Waals surface area contributed by atoms with E-state index in [0.29, 0.717) is 10.8 Å². The maximum atomic E-state index is 12.1. The summed E-state index contributed by atoms with van der Waals surface area (Å²) in [5, 5.41) is 3.12. The first-order chi connectivity index (χ1) is 9.26. The third-order valence-corrected chi connectivity index (χ3v) is 2.89. The second-order valence-electron chi connectivity index (χ2n) is 4.78. The monoisotopic (exact) mass is 299 g/mol. The van der Waals surface area contributed by atoms with E-state index in [1.165, 1.54) is 7.11 Å². The van der Waals surface area contributed by atoms with Crippen LogP contribution in [-0.4, -0.2) is 30.6 Å². The zero-order chi connectivity index (χ0) is 15.3. The molecular weight excluding hydrogens is 282 g/mol. The van der Waals surface area contributed by atoms with Crippen LogP contribution in [0.1, 0.15) is 20.8 Å². The van der Waals surface area contributed by atoms with Gasteiger partial charge in [-0.2, -0.15) is 0 Å². The highest BCUT2D eigenvalue weighted by Gasteiger charge is 2.32. The van der Waals surface area contributed by atoms with Crippen molar-refractivity contribution in [3.8, 4) is 5.75 Å². The first kappa shape index (κ1) is 16.3. The van der Waals surface area contributed by atoms with Crippen LogP contribution in [-0.2, 0) is 14.3 Å². The van der Waals surface area contributed by atoms with Crippen LogP contribution in [0.3, 0.4) is 0 Å². The summed E-state index contributed by atoms with van der Waals surface area (Å²) in [5.41, 5.74) is -1.13. The van der Waals surface area contributed by atoms with Gasteiger partial charge in [0.25, 0.3) is 5.91 Å². The van der Waals surface area contributed by atoms with Crippen molar-refractivity contribution in [2.75, 3.05) is 7.11 Å². The molecule has 0 radical (unpaired) electrons. The predicted octanol–water partition coefficient (Wildman–Crippen LogP) is 2.18. The zero-order valence-corrected chi connectivity index (χ0v) is 12.7. The van der Waals surface area contributed by atoms with E-state index >= 15 is 0 Å². The molecule has 1 unspecified atom stereocenters. The van der Waals surface area contributed by atoms with Crippen molar-refractivity contribution >= 4 is 23.5 Å². The Labute approximate surface area is 123 Å². The number of ether oxygens (including phenoxy) is 2. The third-order valence-electron chi connectivity index (χ3n) is 2.64. The fourth-order valence-corrected chi connectivity index (χ4v) is 1.58. The first-order valence-electron chi connectivity index (χ1n) is 6.09. The molecule has 1 N–H and O–H groups in total. The number of benzene rings is 1. The highest BCUT2D eigenvalue weighted by atomic mass is 35.5. The number of methoxy groups -OCH3 is 1. The molecule has 110 valence electrons. The number of carbonyl (C=O) groups excluding carboxylic acids is 2.